The molecule has 6 aromatic carbocycles. The number of nitrogens with one attached hydrogen (secondary N) is 2. The standard InChI is InChI=1S/C40H32Br2N2O4/c41-29-17-19-37(47-23-21-27-9-3-1-4-10-27)33(25-29)39(45)43-35-15-7-14-32-31(35)13-8-16-36(32)44-40(46)34-26-30(42)18-20-38(34)48-24-22-28-11-5-2-6-12-28/h1-20,25-26H,21-24H2,(H,43,45)(H,44,46). The highest BCUT2D eigenvalue weighted by atomic mass is 79.9. The van der Waals surface area contributed by atoms with Crippen molar-refractivity contribution in [2.75, 3.05) is 23.8 Å². The normalized spacial score (nSPS) is 10.8. The van der Waals surface area contributed by atoms with Crippen LogP contribution in [0, 0.1) is 0 Å². The van der Waals surface area contributed by atoms with Crippen molar-refractivity contribution < 1.29 is 19.1 Å². The number of halogens is 2. The zero-order chi connectivity index (χ0) is 33.3. The van der Waals surface area contributed by atoms with Crippen molar-refractivity contribution in [3.05, 3.63) is 165 Å². The highest BCUT2D eigenvalue weighted by Gasteiger charge is 2.18. The largest absolute Gasteiger partial charge is 0.492 e. The Balaban J connectivity index is 1.19. The van der Waals surface area contributed by atoms with Gasteiger partial charge in [0.15, 0.2) is 0 Å². The van der Waals surface area contributed by atoms with Gasteiger partial charge < -0.3 is 20.1 Å². The summed E-state index contributed by atoms with van der Waals surface area (Å²) in [5.41, 5.74) is 4.35. The molecule has 0 bridgehead atoms. The van der Waals surface area contributed by atoms with E-state index in [0.29, 0.717) is 47.2 Å². The van der Waals surface area contributed by atoms with Gasteiger partial charge in [-0.05, 0) is 59.7 Å². The van der Waals surface area contributed by atoms with E-state index in [2.05, 4.69) is 66.8 Å². The molecule has 6 rings (SSSR count). The third-order valence-electron chi connectivity index (χ3n) is 7.77. The molecule has 0 unspecified atom stereocenters. The number of ether oxygens (including phenoxy) is 2. The van der Waals surface area contributed by atoms with Crippen LogP contribution < -0.4 is 20.1 Å². The molecule has 0 radical (unpaired) electrons. The molecular formula is C40H32Br2N2O4. The molecule has 0 heterocycles. The Labute approximate surface area is 296 Å². The van der Waals surface area contributed by atoms with Gasteiger partial charge in [-0.3, -0.25) is 9.59 Å². The first-order valence-electron chi connectivity index (χ1n) is 15.5. The molecular weight excluding hydrogens is 732 g/mol. The van der Waals surface area contributed by atoms with Crippen molar-refractivity contribution in [2.45, 2.75) is 12.8 Å². The van der Waals surface area contributed by atoms with Crippen molar-refractivity contribution in [2.24, 2.45) is 0 Å². The van der Waals surface area contributed by atoms with Crippen molar-refractivity contribution in [1.82, 2.24) is 0 Å². The molecule has 48 heavy (non-hydrogen) atoms. The average Bonchev–Trinajstić information content (AvgIpc) is 3.10. The zero-order valence-electron chi connectivity index (χ0n) is 25.9. The number of hydrogen-bond donors (Lipinski definition) is 2. The Morgan fingerprint density at radius 1 is 0.500 bits per heavy atom. The van der Waals surface area contributed by atoms with Gasteiger partial charge in [-0.15, -0.1) is 0 Å². The van der Waals surface area contributed by atoms with Crippen LogP contribution in [0.5, 0.6) is 11.5 Å². The second-order valence-corrected chi connectivity index (χ2v) is 12.9. The molecule has 0 saturated carbocycles. The molecule has 0 saturated heterocycles. The van der Waals surface area contributed by atoms with E-state index in [-0.39, 0.29) is 11.8 Å². The van der Waals surface area contributed by atoms with Crippen LogP contribution in [0.15, 0.2) is 142 Å². The van der Waals surface area contributed by atoms with Gasteiger partial charge >= 0.3 is 0 Å². The molecule has 2 amide bonds. The number of amides is 2. The van der Waals surface area contributed by atoms with E-state index in [9.17, 15) is 9.59 Å². The summed E-state index contributed by atoms with van der Waals surface area (Å²) < 4.78 is 13.7. The van der Waals surface area contributed by atoms with Gasteiger partial charge in [-0.2, -0.15) is 0 Å². The Kier molecular flexibility index (Phi) is 10.8. The molecule has 0 aliphatic carbocycles. The molecule has 8 heteroatoms. The van der Waals surface area contributed by atoms with Gasteiger partial charge in [0.1, 0.15) is 11.5 Å². The number of carbonyl (C=O) groups excluding carboxylic acids is 2. The van der Waals surface area contributed by atoms with Gasteiger partial charge in [0.25, 0.3) is 11.8 Å². The lowest BCUT2D eigenvalue weighted by molar-refractivity contribution is 0.101. The maximum atomic E-state index is 13.7. The minimum atomic E-state index is -0.306. The zero-order valence-corrected chi connectivity index (χ0v) is 29.1. The fraction of sp³-hybridized carbons (Fsp3) is 0.100. The van der Waals surface area contributed by atoms with Gasteiger partial charge in [-0.25, -0.2) is 0 Å². The lowest BCUT2D eigenvalue weighted by Crippen LogP contribution is -2.16. The van der Waals surface area contributed by atoms with Crippen LogP contribution in [0.4, 0.5) is 11.4 Å². The van der Waals surface area contributed by atoms with Crippen LogP contribution in [0.25, 0.3) is 10.8 Å². The summed E-state index contributed by atoms with van der Waals surface area (Å²) in [6.45, 7) is 0.863. The summed E-state index contributed by atoms with van der Waals surface area (Å²) in [6.07, 6.45) is 1.44. The van der Waals surface area contributed by atoms with Crippen LogP contribution in [0.3, 0.4) is 0 Å². The second kappa shape index (κ2) is 15.8. The SMILES string of the molecule is O=C(Nc1cccc2c(NC(=O)c3cc(Br)ccc3OCCc3ccccc3)cccc12)c1cc(Br)ccc1OCCc1ccccc1. The highest BCUT2D eigenvalue weighted by molar-refractivity contribution is 9.10. The van der Waals surface area contributed by atoms with Crippen molar-refractivity contribution in [3.63, 3.8) is 0 Å². The predicted octanol–water partition coefficient (Wildman–Crippen LogP) is 10.1. The first-order valence-corrected chi connectivity index (χ1v) is 17.1. The lowest BCUT2D eigenvalue weighted by atomic mass is 10.1. The van der Waals surface area contributed by atoms with Crippen LogP contribution in [0.1, 0.15) is 31.8 Å². The van der Waals surface area contributed by atoms with Gasteiger partial charge in [0.2, 0.25) is 0 Å². The fourth-order valence-electron chi connectivity index (χ4n) is 5.37. The molecule has 0 aliphatic rings. The molecule has 0 atom stereocenters. The Morgan fingerprint density at radius 3 is 1.33 bits per heavy atom. The van der Waals surface area contributed by atoms with E-state index in [0.717, 1.165) is 43.7 Å². The van der Waals surface area contributed by atoms with Crippen LogP contribution >= 0.6 is 31.9 Å². The van der Waals surface area contributed by atoms with Gasteiger partial charge in [0, 0.05) is 43.9 Å². The maximum absolute atomic E-state index is 13.7. The van der Waals surface area contributed by atoms with Crippen molar-refractivity contribution in [1.29, 1.82) is 0 Å². The van der Waals surface area contributed by atoms with Crippen LogP contribution in [-0.4, -0.2) is 25.0 Å². The van der Waals surface area contributed by atoms with E-state index in [1.807, 2.05) is 84.9 Å². The molecule has 6 aromatic rings. The summed E-state index contributed by atoms with van der Waals surface area (Å²) in [5.74, 6) is 0.380. The molecule has 0 spiro atoms. The molecule has 6 nitrogen and oxygen atoms in total. The molecule has 2 N–H and O–H groups in total. The number of carbonyl (C=O) groups is 2. The Morgan fingerprint density at radius 2 is 0.917 bits per heavy atom. The topological polar surface area (TPSA) is 76.7 Å². The molecule has 0 aliphatic heterocycles. The molecule has 0 aromatic heterocycles. The second-order valence-electron chi connectivity index (χ2n) is 11.1. The fourth-order valence-corrected chi connectivity index (χ4v) is 6.09. The van der Waals surface area contributed by atoms with E-state index in [1.54, 1.807) is 24.3 Å². The monoisotopic (exact) mass is 762 g/mol. The van der Waals surface area contributed by atoms with Gasteiger partial charge in [-0.1, -0.05) is 117 Å². The Hall–Kier alpha value is -4.92. The summed E-state index contributed by atoms with van der Waals surface area (Å²) >= 11 is 6.99. The molecule has 0 fully saturated rings. The lowest BCUT2D eigenvalue weighted by Gasteiger charge is -2.16. The maximum Gasteiger partial charge on any atom is 0.259 e. The predicted molar refractivity (Wildman–Crippen MR) is 199 cm³/mol. The van der Waals surface area contributed by atoms with E-state index in [4.69, 9.17) is 9.47 Å². The first-order chi connectivity index (χ1) is 23.4. The van der Waals surface area contributed by atoms with Crippen LogP contribution in [0.2, 0.25) is 0 Å². The minimum absolute atomic E-state index is 0.306. The van der Waals surface area contributed by atoms with Crippen molar-refractivity contribution in [3.8, 4) is 11.5 Å². The number of rotatable bonds is 12. The summed E-state index contributed by atoms with van der Waals surface area (Å²) in [4.78, 5) is 27.3. The summed E-state index contributed by atoms with van der Waals surface area (Å²) in [5, 5.41) is 7.68. The smallest absolute Gasteiger partial charge is 0.259 e. The highest BCUT2D eigenvalue weighted by Crippen LogP contribution is 2.32. The summed E-state index contributed by atoms with van der Waals surface area (Å²) in [7, 11) is 0. The number of hydrogen-bond acceptors (Lipinski definition) is 4. The van der Waals surface area contributed by atoms with Crippen molar-refractivity contribution >= 4 is 65.8 Å². The van der Waals surface area contributed by atoms with Crippen LogP contribution in [-0.2, 0) is 12.8 Å². The average molecular weight is 765 g/mol. The third kappa shape index (κ3) is 8.32. The number of benzene rings is 6. The number of anilines is 2. The molecule has 240 valence electrons. The quantitative estimate of drug-likeness (QED) is 0.130. The number of fused-ring (bicyclic) bond motifs is 1. The Bertz CT molecular complexity index is 1900. The first kappa shape index (κ1) is 33.0. The van der Waals surface area contributed by atoms with E-state index < -0.39 is 0 Å². The minimum Gasteiger partial charge on any atom is -0.492 e. The van der Waals surface area contributed by atoms with E-state index in [1.165, 1.54) is 0 Å². The third-order valence-corrected chi connectivity index (χ3v) is 8.76. The summed E-state index contributed by atoms with van der Waals surface area (Å²) in [6, 6.07) is 42.1. The van der Waals surface area contributed by atoms with Gasteiger partial charge in [0.05, 0.1) is 24.3 Å². The van der Waals surface area contributed by atoms with E-state index >= 15 is 0 Å².